The molecule has 0 aromatic carbocycles. The molecule has 1 unspecified atom stereocenters. The van der Waals surface area contributed by atoms with Crippen molar-refractivity contribution in [1.29, 1.82) is 0 Å². The summed E-state index contributed by atoms with van der Waals surface area (Å²) in [6.07, 6.45) is 7.35. The summed E-state index contributed by atoms with van der Waals surface area (Å²) in [7, 11) is 0. The minimum atomic E-state index is 0.869. The Labute approximate surface area is 85.3 Å². The molecule has 0 aromatic rings. The topological polar surface area (TPSA) is 0 Å². The predicted molar refractivity (Wildman–Crippen MR) is 58.7 cm³/mol. The van der Waals surface area contributed by atoms with Crippen LogP contribution in [0.4, 0.5) is 0 Å². The smallest absolute Gasteiger partial charge is 0.00624 e. The molecule has 0 spiro atoms. The first kappa shape index (κ1) is 10.6. The van der Waals surface area contributed by atoms with E-state index in [0.29, 0.717) is 0 Å². The van der Waals surface area contributed by atoms with E-state index >= 15 is 0 Å². The van der Waals surface area contributed by atoms with Gasteiger partial charge >= 0.3 is 0 Å². The van der Waals surface area contributed by atoms with E-state index in [1.54, 1.807) is 0 Å². The molecule has 1 atom stereocenters. The fourth-order valence-corrected chi connectivity index (χ4v) is 3.21. The van der Waals surface area contributed by atoms with E-state index in [1.807, 2.05) is 0 Å². The van der Waals surface area contributed by atoms with Gasteiger partial charge in [0, 0.05) is 5.33 Å². The second kappa shape index (κ2) is 5.26. The molecule has 0 N–H and O–H groups in total. The van der Waals surface area contributed by atoms with Crippen molar-refractivity contribution in [2.75, 3.05) is 5.33 Å². The van der Waals surface area contributed by atoms with E-state index in [9.17, 15) is 0 Å². The minimum absolute atomic E-state index is 0.869. The first-order chi connectivity index (χ1) is 5.74. The number of halogens is 1. The van der Waals surface area contributed by atoms with Gasteiger partial charge in [-0.05, 0) is 24.2 Å². The Hall–Kier alpha value is 0.480. The SMILES string of the molecule is CC(C)CC(CBr)C1CCCC1. The van der Waals surface area contributed by atoms with Crippen LogP contribution in [0.25, 0.3) is 0 Å². The molecule has 0 aromatic heterocycles. The minimum Gasteiger partial charge on any atom is -0.0925 e. The van der Waals surface area contributed by atoms with Crippen LogP contribution in [0.2, 0.25) is 0 Å². The molecule has 1 fully saturated rings. The van der Waals surface area contributed by atoms with Crippen LogP contribution in [-0.2, 0) is 0 Å². The van der Waals surface area contributed by atoms with E-state index in [1.165, 1.54) is 37.4 Å². The van der Waals surface area contributed by atoms with Gasteiger partial charge in [0.05, 0.1) is 0 Å². The van der Waals surface area contributed by atoms with Gasteiger partial charge < -0.3 is 0 Å². The standard InChI is InChI=1S/C11H21Br/c1-9(2)7-11(8-12)10-5-3-4-6-10/h9-11H,3-8H2,1-2H3. The highest BCUT2D eigenvalue weighted by Gasteiger charge is 2.24. The molecule has 1 rings (SSSR count). The molecule has 0 amide bonds. The van der Waals surface area contributed by atoms with Crippen molar-refractivity contribution in [2.24, 2.45) is 17.8 Å². The molecule has 0 saturated heterocycles. The van der Waals surface area contributed by atoms with E-state index in [-0.39, 0.29) is 0 Å². The van der Waals surface area contributed by atoms with Gasteiger partial charge in [0.25, 0.3) is 0 Å². The third-order valence-corrected chi connectivity index (χ3v) is 3.87. The first-order valence-corrected chi connectivity index (χ1v) is 6.42. The Bertz CT molecular complexity index is 114. The van der Waals surface area contributed by atoms with Crippen LogP contribution in [-0.4, -0.2) is 5.33 Å². The van der Waals surface area contributed by atoms with Gasteiger partial charge in [-0.3, -0.25) is 0 Å². The maximum atomic E-state index is 3.65. The molecule has 0 heterocycles. The average Bonchev–Trinajstić information content (AvgIpc) is 2.51. The normalized spacial score (nSPS) is 22.0. The maximum Gasteiger partial charge on any atom is 0.00624 e. The lowest BCUT2D eigenvalue weighted by Crippen LogP contribution is -2.15. The van der Waals surface area contributed by atoms with Crippen molar-refractivity contribution in [3.63, 3.8) is 0 Å². The molecular weight excluding hydrogens is 212 g/mol. The number of hydrogen-bond acceptors (Lipinski definition) is 0. The maximum absolute atomic E-state index is 3.65. The lowest BCUT2D eigenvalue weighted by molar-refractivity contribution is 0.316. The van der Waals surface area contributed by atoms with Gasteiger partial charge in [-0.15, -0.1) is 0 Å². The predicted octanol–water partition coefficient (Wildman–Crippen LogP) is 4.23. The van der Waals surface area contributed by atoms with Crippen molar-refractivity contribution in [3.05, 3.63) is 0 Å². The van der Waals surface area contributed by atoms with Gasteiger partial charge in [-0.1, -0.05) is 55.5 Å². The van der Waals surface area contributed by atoms with E-state index in [2.05, 4.69) is 29.8 Å². The van der Waals surface area contributed by atoms with Crippen LogP contribution in [0.5, 0.6) is 0 Å². The van der Waals surface area contributed by atoms with E-state index in [0.717, 1.165) is 17.8 Å². The summed E-state index contributed by atoms with van der Waals surface area (Å²) in [6.45, 7) is 4.68. The van der Waals surface area contributed by atoms with E-state index < -0.39 is 0 Å². The highest BCUT2D eigenvalue weighted by Crippen LogP contribution is 2.35. The lowest BCUT2D eigenvalue weighted by Gasteiger charge is -2.22. The van der Waals surface area contributed by atoms with Crippen LogP contribution in [0.1, 0.15) is 46.0 Å². The van der Waals surface area contributed by atoms with Crippen molar-refractivity contribution < 1.29 is 0 Å². The Morgan fingerprint density at radius 1 is 1.25 bits per heavy atom. The quantitative estimate of drug-likeness (QED) is 0.637. The Kier molecular flexibility index (Phi) is 4.63. The number of alkyl halides is 1. The molecule has 1 aliphatic rings. The molecule has 0 bridgehead atoms. The summed E-state index contributed by atoms with van der Waals surface area (Å²) in [5.41, 5.74) is 0. The molecule has 1 saturated carbocycles. The summed E-state index contributed by atoms with van der Waals surface area (Å²) in [5.74, 6) is 2.85. The second-order valence-electron chi connectivity index (χ2n) is 4.59. The Morgan fingerprint density at radius 2 is 1.83 bits per heavy atom. The van der Waals surface area contributed by atoms with Gasteiger partial charge in [0.15, 0.2) is 0 Å². The zero-order valence-electron chi connectivity index (χ0n) is 8.35. The Balaban J connectivity index is 2.32. The van der Waals surface area contributed by atoms with Gasteiger partial charge in [0.1, 0.15) is 0 Å². The van der Waals surface area contributed by atoms with Crippen molar-refractivity contribution in [1.82, 2.24) is 0 Å². The van der Waals surface area contributed by atoms with Crippen LogP contribution in [0.3, 0.4) is 0 Å². The lowest BCUT2D eigenvalue weighted by atomic mass is 9.86. The van der Waals surface area contributed by atoms with Crippen LogP contribution < -0.4 is 0 Å². The van der Waals surface area contributed by atoms with Crippen LogP contribution in [0, 0.1) is 17.8 Å². The summed E-state index contributed by atoms with van der Waals surface area (Å²) < 4.78 is 0. The number of rotatable bonds is 4. The van der Waals surface area contributed by atoms with Gasteiger partial charge in [0.2, 0.25) is 0 Å². The zero-order valence-corrected chi connectivity index (χ0v) is 9.94. The van der Waals surface area contributed by atoms with Crippen molar-refractivity contribution in [3.8, 4) is 0 Å². The Morgan fingerprint density at radius 3 is 2.25 bits per heavy atom. The number of hydrogen-bond donors (Lipinski definition) is 0. The summed E-state index contributed by atoms with van der Waals surface area (Å²) in [6, 6.07) is 0. The first-order valence-electron chi connectivity index (χ1n) is 5.30. The summed E-state index contributed by atoms with van der Waals surface area (Å²) >= 11 is 3.65. The average molecular weight is 233 g/mol. The molecule has 1 aliphatic carbocycles. The third-order valence-electron chi connectivity index (χ3n) is 3.04. The highest BCUT2D eigenvalue weighted by molar-refractivity contribution is 9.09. The highest BCUT2D eigenvalue weighted by atomic mass is 79.9. The second-order valence-corrected chi connectivity index (χ2v) is 5.24. The van der Waals surface area contributed by atoms with Crippen molar-refractivity contribution >= 4 is 15.9 Å². The van der Waals surface area contributed by atoms with Crippen molar-refractivity contribution in [2.45, 2.75) is 46.0 Å². The molecule has 0 radical (unpaired) electrons. The van der Waals surface area contributed by atoms with E-state index in [4.69, 9.17) is 0 Å². The summed E-state index contributed by atoms with van der Waals surface area (Å²) in [5, 5.41) is 1.22. The van der Waals surface area contributed by atoms with Gasteiger partial charge in [-0.2, -0.15) is 0 Å². The molecule has 72 valence electrons. The largest absolute Gasteiger partial charge is 0.0925 e. The van der Waals surface area contributed by atoms with Gasteiger partial charge in [-0.25, -0.2) is 0 Å². The fourth-order valence-electron chi connectivity index (χ4n) is 2.42. The van der Waals surface area contributed by atoms with Crippen LogP contribution in [0.15, 0.2) is 0 Å². The molecule has 0 nitrogen and oxygen atoms in total. The van der Waals surface area contributed by atoms with Crippen LogP contribution >= 0.6 is 15.9 Å². The molecule has 12 heavy (non-hydrogen) atoms. The summed E-state index contributed by atoms with van der Waals surface area (Å²) in [4.78, 5) is 0. The third kappa shape index (κ3) is 3.08. The fraction of sp³-hybridized carbons (Fsp3) is 1.00. The molecule has 1 heteroatoms. The molecule has 0 aliphatic heterocycles. The zero-order chi connectivity index (χ0) is 8.97. The monoisotopic (exact) mass is 232 g/mol. The molecular formula is C11H21Br.